The molecule has 0 fully saturated rings. The lowest BCUT2D eigenvalue weighted by Crippen LogP contribution is -2.52. The lowest BCUT2D eigenvalue weighted by Gasteiger charge is -2.34. The fraction of sp³-hybridized carbons (Fsp3) is 0.700. The van der Waals surface area contributed by atoms with Crippen molar-refractivity contribution in [3.63, 3.8) is 0 Å². The van der Waals surface area contributed by atoms with Crippen LogP contribution in [0.1, 0.15) is 116 Å². The first kappa shape index (κ1) is 32.5. The first-order valence-electron chi connectivity index (χ1n) is 14.1. The summed E-state index contributed by atoms with van der Waals surface area (Å²) in [5.74, 6) is -0.484. The molecule has 1 aromatic carbocycles. The van der Waals surface area contributed by atoms with E-state index in [-0.39, 0.29) is 11.8 Å². The van der Waals surface area contributed by atoms with E-state index in [0.717, 1.165) is 48.8 Å². The summed E-state index contributed by atoms with van der Waals surface area (Å²) in [6.45, 7) is 16.2. The predicted molar refractivity (Wildman–Crippen MR) is 150 cm³/mol. The molecule has 0 spiro atoms. The molecule has 0 bridgehead atoms. The standard InChI is InChI=1S/C30H51N3O4/c1-9-11-13-14-15-16-21-33(28(35)24(5)32-29(36)37-30(6,7)8)26(27(34)31-20-12-10-2)25-19-17-18-22(3)23(25)4/h17-19,24,26H,9-16,20-21H2,1-8H3,(H,31,34)(H,32,36). The summed E-state index contributed by atoms with van der Waals surface area (Å²) < 4.78 is 5.37. The Morgan fingerprint density at radius 1 is 0.946 bits per heavy atom. The van der Waals surface area contributed by atoms with E-state index in [9.17, 15) is 14.4 Å². The Morgan fingerprint density at radius 2 is 1.57 bits per heavy atom. The smallest absolute Gasteiger partial charge is 0.408 e. The number of nitrogens with zero attached hydrogens (tertiary/aromatic N) is 1. The zero-order chi connectivity index (χ0) is 28.0. The summed E-state index contributed by atoms with van der Waals surface area (Å²) in [6.07, 6.45) is 7.59. The van der Waals surface area contributed by atoms with E-state index in [1.54, 1.807) is 32.6 Å². The van der Waals surface area contributed by atoms with Crippen LogP contribution in [-0.2, 0) is 14.3 Å². The van der Waals surface area contributed by atoms with E-state index in [4.69, 9.17) is 4.74 Å². The van der Waals surface area contributed by atoms with Gasteiger partial charge in [0.1, 0.15) is 17.7 Å². The Morgan fingerprint density at radius 3 is 2.19 bits per heavy atom. The van der Waals surface area contributed by atoms with Crippen molar-refractivity contribution in [2.75, 3.05) is 13.1 Å². The zero-order valence-electron chi connectivity index (χ0n) is 24.5. The van der Waals surface area contributed by atoms with Crippen molar-refractivity contribution in [3.8, 4) is 0 Å². The molecular formula is C30H51N3O4. The van der Waals surface area contributed by atoms with Crippen LogP contribution in [0.15, 0.2) is 18.2 Å². The number of amides is 3. The van der Waals surface area contributed by atoms with Crippen LogP contribution in [-0.4, -0.2) is 47.5 Å². The minimum atomic E-state index is -0.842. The maximum Gasteiger partial charge on any atom is 0.408 e. The molecule has 1 rings (SSSR count). The molecule has 210 valence electrons. The minimum Gasteiger partial charge on any atom is -0.444 e. The SMILES string of the molecule is CCCCCCCCN(C(=O)C(C)NC(=O)OC(C)(C)C)C(C(=O)NCCCC)c1cccc(C)c1C. The molecule has 2 atom stereocenters. The summed E-state index contributed by atoms with van der Waals surface area (Å²) >= 11 is 0. The maximum atomic E-state index is 13.8. The van der Waals surface area contributed by atoms with Gasteiger partial charge in [0.15, 0.2) is 0 Å². The molecule has 0 saturated heterocycles. The highest BCUT2D eigenvalue weighted by Crippen LogP contribution is 2.28. The van der Waals surface area contributed by atoms with Crippen LogP contribution in [0.3, 0.4) is 0 Å². The molecule has 0 saturated carbocycles. The van der Waals surface area contributed by atoms with Gasteiger partial charge >= 0.3 is 6.09 Å². The number of aryl methyl sites for hydroxylation is 1. The molecule has 2 N–H and O–H groups in total. The van der Waals surface area contributed by atoms with Gasteiger partial charge in [-0.1, -0.05) is 70.6 Å². The number of alkyl carbamates (subject to hydrolysis) is 1. The number of unbranched alkanes of at least 4 members (excludes halogenated alkanes) is 6. The van der Waals surface area contributed by atoms with E-state index >= 15 is 0 Å². The van der Waals surface area contributed by atoms with Crippen molar-refractivity contribution >= 4 is 17.9 Å². The number of nitrogens with one attached hydrogen (secondary N) is 2. The third kappa shape index (κ3) is 11.6. The van der Waals surface area contributed by atoms with Gasteiger partial charge in [-0.25, -0.2) is 4.79 Å². The van der Waals surface area contributed by atoms with Crippen LogP contribution in [0.5, 0.6) is 0 Å². The molecule has 37 heavy (non-hydrogen) atoms. The second-order valence-electron chi connectivity index (χ2n) is 11.0. The molecule has 0 heterocycles. The van der Waals surface area contributed by atoms with E-state index in [1.165, 1.54) is 19.3 Å². The van der Waals surface area contributed by atoms with Gasteiger partial charge in [0.25, 0.3) is 0 Å². The minimum absolute atomic E-state index is 0.189. The van der Waals surface area contributed by atoms with Gasteiger partial charge in [-0.05, 0) is 71.1 Å². The highest BCUT2D eigenvalue weighted by molar-refractivity contribution is 5.92. The number of ether oxygens (including phenoxy) is 1. The number of rotatable bonds is 15. The third-order valence-corrected chi connectivity index (χ3v) is 6.47. The van der Waals surface area contributed by atoms with E-state index in [0.29, 0.717) is 13.1 Å². The van der Waals surface area contributed by atoms with Gasteiger partial charge in [-0.2, -0.15) is 0 Å². The van der Waals surface area contributed by atoms with E-state index in [2.05, 4.69) is 24.5 Å². The number of carbonyl (C=O) groups excluding carboxylic acids is 3. The summed E-state index contributed by atoms with van der Waals surface area (Å²) in [5, 5.41) is 5.72. The van der Waals surface area contributed by atoms with Crippen LogP contribution >= 0.6 is 0 Å². The number of hydrogen-bond donors (Lipinski definition) is 2. The zero-order valence-corrected chi connectivity index (χ0v) is 24.5. The van der Waals surface area contributed by atoms with Crippen molar-refractivity contribution < 1.29 is 19.1 Å². The van der Waals surface area contributed by atoms with Gasteiger partial charge < -0.3 is 20.3 Å². The fourth-order valence-electron chi connectivity index (χ4n) is 4.23. The predicted octanol–water partition coefficient (Wildman–Crippen LogP) is 6.36. The molecule has 1 aromatic rings. The largest absolute Gasteiger partial charge is 0.444 e. The molecule has 3 amide bonds. The molecule has 0 aliphatic heterocycles. The Balaban J connectivity index is 3.30. The number of hydrogen-bond acceptors (Lipinski definition) is 4. The first-order chi connectivity index (χ1) is 17.4. The van der Waals surface area contributed by atoms with Crippen molar-refractivity contribution in [1.29, 1.82) is 0 Å². The highest BCUT2D eigenvalue weighted by Gasteiger charge is 2.35. The lowest BCUT2D eigenvalue weighted by atomic mass is 9.94. The second kappa shape index (κ2) is 16.3. The van der Waals surface area contributed by atoms with E-state index < -0.39 is 23.8 Å². The molecule has 7 nitrogen and oxygen atoms in total. The summed E-state index contributed by atoms with van der Waals surface area (Å²) in [5.41, 5.74) is 2.20. The Kier molecular flexibility index (Phi) is 14.3. The van der Waals surface area contributed by atoms with Gasteiger partial charge in [0.05, 0.1) is 0 Å². The van der Waals surface area contributed by atoms with Crippen molar-refractivity contribution in [3.05, 3.63) is 34.9 Å². The van der Waals surface area contributed by atoms with Crippen molar-refractivity contribution in [1.82, 2.24) is 15.5 Å². The monoisotopic (exact) mass is 517 g/mol. The molecular weight excluding hydrogens is 466 g/mol. The van der Waals surface area contributed by atoms with Gasteiger partial charge in [-0.3, -0.25) is 9.59 Å². The quantitative estimate of drug-likeness (QED) is 0.265. The maximum absolute atomic E-state index is 13.8. The van der Waals surface area contributed by atoms with Crippen LogP contribution in [0, 0.1) is 13.8 Å². The van der Waals surface area contributed by atoms with Gasteiger partial charge in [-0.15, -0.1) is 0 Å². The topological polar surface area (TPSA) is 87.7 Å². The Labute approximate surface area is 225 Å². The summed E-state index contributed by atoms with van der Waals surface area (Å²) in [4.78, 5) is 41.5. The fourth-order valence-corrected chi connectivity index (χ4v) is 4.23. The molecule has 0 aliphatic carbocycles. The van der Waals surface area contributed by atoms with Gasteiger partial charge in [0, 0.05) is 13.1 Å². The van der Waals surface area contributed by atoms with Crippen LogP contribution in [0.2, 0.25) is 0 Å². The lowest BCUT2D eigenvalue weighted by molar-refractivity contribution is -0.142. The van der Waals surface area contributed by atoms with Crippen molar-refractivity contribution in [2.24, 2.45) is 0 Å². The Bertz CT molecular complexity index is 863. The van der Waals surface area contributed by atoms with Crippen LogP contribution < -0.4 is 10.6 Å². The average molecular weight is 518 g/mol. The van der Waals surface area contributed by atoms with Crippen molar-refractivity contribution in [2.45, 2.75) is 124 Å². The van der Waals surface area contributed by atoms with Gasteiger partial charge in [0.2, 0.25) is 11.8 Å². The number of benzene rings is 1. The normalized spacial score (nSPS) is 13.0. The molecule has 0 aromatic heterocycles. The molecule has 0 radical (unpaired) electrons. The molecule has 7 heteroatoms. The van der Waals surface area contributed by atoms with Crippen LogP contribution in [0.4, 0.5) is 4.79 Å². The first-order valence-corrected chi connectivity index (χ1v) is 14.1. The molecule has 2 unspecified atom stereocenters. The molecule has 0 aliphatic rings. The summed E-state index contributed by atoms with van der Waals surface area (Å²) in [6, 6.07) is 4.26. The summed E-state index contributed by atoms with van der Waals surface area (Å²) in [7, 11) is 0. The van der Waals surface area contributed by atoms with E-state index in [1.807, 2.05) is 32.0 Å². The third-order valence-electron chi connectivity index (χ3n) is 6.47. The number of carbonyl (C=O) groups is 3. The van der Waals surface area contributed by atoms with Crippen LogP contribution in [0.25, 0.3) is 0 Å². The highest BCUT2D eigenvalue weighted by atomic mass is 16.6. The second-order valence-corrected chi connectivity index (χ2v) is 11.0. The Hall–Kier alpha value is -2.57. The average Bonchev–Trinajstić information content (AvgIpc) is 2.81.